The average molecular weight is 312 g/mol. The number of nitrogens with one attached hydrogen (secondary N) is 2. The third kappa shape index (κ3) is 4.59. The Kier molecular flexibility index (Phi) is 5.72. The second-order valence-corrected chi connectivity index (χ2v) is 7.69. The van der Waals surface area contributed by atoms with Crippen LogP contribution in [0.25, 0.3) is 0 Å². The van der Waals surface area contributed by atoms with Gasteiger partial charge in [0, 0.05) is 12.6 Å². The summed E-state index contributed by atoms with van der Waals surface area (Å²) in [5.41, 5.74) is -0.462. The molecule has 5 unspecified atom stereocenters. The van der Waals surface area contributed by atoms with Crippen LogP contribution >= 0.6 is 0 Å². The zero-order chi connectivity index (χ0) is 16.3. The molecule has 2 fully saturated rings. The minimum atomic E-state index is -0.462. The minimum absolute atomic E-state index is 0.0965. The van der Waals surface area contributed by atoms with Crippen molar-refractivity contribution in [2.45, 2.75) is 90.1 Å². The third-order valence-corrected chi connectivity index (χ3v) is 4.67. The summed E-state index contributed by atoms with van der Waals surface area (Å²) < 4.78 is 11.2. The first kappa shape index (κ1) is 17.5. The summed E-state index contributed by atoms with van der Waals surface area (Å²) in [6.07, 6.45) is 4.50. The number of hydrogen-bond acceptors (Lipinski definition) is 4. The van der Waals surface area contributed by atoms with E-state index in [-0.39, 0.29) is 24.3 Å². The average Bonchev–Trinajstić information content (AvgIpc) is 2.78. The van der Waals surface area contributed by atoms with E-state index in [2.05, 4.69) is 17.6 Å². The van der Waals surface area contributed by atoms with Crippen molar-refractivity contribution < 1.29 is 14.3 Å². The normalized spacial score (nSPS) is 35.0. The van der Waals surface area contributed by atoms with Crippen LogP contribution in [0.3, 0.4) is 0 Å². The molecule has 0 spiro atoms. The van der Waals surface area contributed by atoms with E-state index in [1.165, 1.54) is 19.3 Å². The molecule has 128 valence electrons. The van der Waals surface area contributed by atoms with Gasteiger partial charge in [-0.1, -0.05) is 13.3 Å². The molecular weight excluding hydrogens is 280 g/mol. The number of carbonyl (C=O) groups excluding carboxylic acids is 1. The van der Waals surface area contributed by atoms with E-state index >= 15 is 0 Å². The Hall–Kier alpha value is -0.810. The van der Waals surface area contributed by atoms with Crippen LogP contribution < -0.4 is 10.6 Å². The molecule has 0 bridgehead atoms. The lowest BCUT2D eigenvalue weighted by molar-refractivity contribution is -0.0476. The molecule has 2 rings (SSSR count). The Morgan fingerprint density at radius 3 is 2.50 bits per heavy atom. The number of hydrogen-bond donors (Lipinski definition) is 2. The molecule has 0 aliphatic heterocycles. The van der Waals surface area contributed by atoms with Gasteiger partial charge in [-0.3, -0.25) is 0 Å². The van der Waals surface area contributed by atoms with Crippen molar-refractivity contribution in [2.24, 2.45) is 5.92 Å². The van der Waals surface area contributed by atoms with Crippen LogP contribution in [0.15, 0.2) is 0 Å². The standard InChI is InChI=1S/C17H32N2O3/c1-6-21-14-10-13(19-16(20)22-17(3,4)5)15(14)18-12-9-7-8-11(12)2/h11-15,18H,6-10H2,1-5H3,(H,19,20). The molecule has 2 N–H and O–H groups in total. The van der Waals surface area contributed by atoms with Gasteiger partial charge < -0.3 is 20.1 Å². The highest BCUT2D eigenvalue weighted by atomic mass is 16.6. The van der Waals surface area contributed by atoms with E-state index in [1.54, 1.807) is 0 Å². The molecule has 5 heteroatoms. The molecule has 0 aromatic heterocycles. The Morgan fingerprint density at radius 2 is 1.95 bits per heavy atom. The molecule has 0 saturated heterocycles. The third-order valence-electron chi connectivity index (χ3n) is 4.67. The van der Waals surface area contributed by atoms with E-state index in [4.69, 9.17) is 9.47 Å². The van der Waals surface area contributed by atoms with Gasteiger partial charge in [0.1, 0.15) is 5.60 Å². The van der Waals surface area contributed by atoms with Gasteiger partial charge in [0.25, 0.3) is 0 Å². The van der Waals surface area contributed by atoms with Gasteiger partial charge in [-0.05, 0) is 52.9 Å². The van der Waals surface area contributed by atoms with Crippen molar-refractivity contribution in [3.63, 3.8) is 0 Å². The summed E-state index contributed by atoms with van der Waals surface area (Å²) >= 11 is 0. The first-order chi connectivity index (χ1) is 10.3. The SMILES string of the molecule is CCOC1CC(NC(=O)OC(C)(C)C)C1NC1CCCC1C. The molecule has 22 heavy (non-hydrogen) atoms. The first-order valence-electron chi connectivity index (χ1n) is 8.67. The van der Waals surface area contributed by atoms with E-state index in [1.807, 2.05) is 27.7 Å². The van der Waals surface area contributed by atoms with Gasteiger partial charge in [0.05, 0.1) is 18.2 Å². The van der Waals surface area contributed by atoms with E-state index in [0.29, 0.717) is 18.6 Å². The van der Waals surface area contributed by atoms with Crippen LogP contribution in [0.2, 0.25) is 0 Å². The van der Waals surface area contributed by atoms with Gasteiger partial charge in [0.15, 0.2) is 0 Å². The summed E-state index contributed by atoms with van der Waals surface area (Å²) in [5.74, 6) is 0.699. The lowest BCUT2D eigenvalue weighted by Gasteiger charge is -2.46. The van der Waals surface area contributed by atoms with Crippen molar-refractivity contribution in [3.05, 3.63) is 0 Å². The summed E-state index contributed by atoms with van der Waals surface area (Å²) in [6, 6.07) is 0.827. The number of amides is 1. The highest BCUT2D eigenvalue weighted by molar-refractivity contribution is 5.68. The van der Waals surface area contributed by atoms with Crippen molar-refractivity contribution in [1.29, 1.82) is 0 Å². The Labute approximate surface area is 134 Å². The van der Waals surface area contributed by atoms with Crippen molar-refractivity contribution in [3.8, 4) is 0 Å². The molecule has 0 aromatic carbocycles. The number of ether oxygens (including phenoxy) is 2. The molecule has 5 nitrogen and oxygen atoms in total. The van der Waals surface area contributed by atoms with Gasteiger partial charge in [-0.15, -0.1) is 0 Å². The van der Waals surface area contributed by atoms with Crippen LogP contribution in [-0.2, 0) is 9.47 Å². The van der Waals surface area contributed by atoms with E-state index in [9.17, 15) is 4.79 Å². The molecule has 0 radical (unpaired) electrons. The molecule has 2 aliphatic rings. The quantitative estimate of drug-likeness (QED) is 0.819. The second-order valence-electron chi connectivity index (χ2n) is 7.69. The summed E-state index contributed by atoms with van der Waals surface area (Å²) in [7, 11) is 0. The zero-order valence-electron chi connectivity index (χ0n) is 14.6. The lowest BCUT2D eigenvalue weighted by atomic mass is 9.81. The maximum Gasteiger partial charge on any atom is 0.407 e. The Balaban J connectivity index is 1.88. The maximum atomic E-state index is 12.0. The molecule has 5 atom stereocenters. The number of rotatable bonds is 5. The van der Waals surface area contributed by atoms with Crippen LogP contribution in [0.1, 0.15) is 60.3 Å². The van der Waals surface area contributed by atoms with Crippen molar-refractivity contribution >= 4 is 6.09 Å². The number of carbonyl (C=O) groups is 1. The van der Waals surface area contributed by atoms with Gasteiger partial charge in [0.2, 0.25) is 0 Å². The topological polar surface area (TPSA) is 59.6 Å². The van der Waals surface area contributed by atoms with Gasteiger partial charge in [-0.25, -0.2) is 4.79 Å². The monoisotopic (exact) mass is 312 g/mol. The predicted octanol–water partition coefficient (Wildman–Crippen LogP) is 2.84. The first-order valence-corrected chi connectivity index (χ1v) is 8.67. The van der Waals surface area contributed by atoms with E-state index in [0.717, 1.165) is 6.42 Å². The van der Waals surface area contributed by atoms with Crippen molar-refractivity contribution in [1.82, 2.24) is 10.6 Å². The van der Waals surface area contributed by atoms with Crippen molar-refractivity contribution in [2.75, 3.05) is 6.61 Å². The molecular formula is C17H32N2O3. The van der Waals surface area contributed by atoms with Gasteiger partial charge in [-0.2, -0.15) is 0 Å². The minimum Gasteiger partial charge on any atom is -0.444 e. The molecule has 0 heterocycles. The highest BCUT2D eigenvalue weighted by Crippen LogP contribution is 2.30. The smallest absolute Gasteiger partial charge is 0.407 e. The molecule has 2 aliphatic carbocycles. The largest absolute Gasteiger partial charge is 0.444 e. The summed E-state index contributed by atoms with van der Waals surface area (Å²) in [4.78, 5) is 12.0. The van der Waals surface area contributed by atoms with E-state index < -0.39 is 5.60 Å². The second kappa shape index (κ2) is 7.18. The van der Waals surface area contributed by atoms with Gasteiger partial charge >= 0.3 is 6.09 Å². The highest BCUT2D eigenvalue weighted by Gasteiger charge is 2.44. The van der Waals surface area contributed by atoms with Crippen LogP contribution in [0, 0.1) is 5.92 Å². The Bertz CT molecular complexity index is 381. The fourth-order valence-electron chi connectivity index (χ4n) is 3.46. The molecule has 0 aromatic rings. The summed E-state index contributed by atoms with van der Waals surface area (Å²) in [5, 5.41) is 6.72. The van der Waals surface area contributed by atoms with Crippen LogP contribution in [0.5, 0.6) is 0 Å². The summed E-state index contributed by atoms with van der Waals surface area (Å²) in [6.45, 7) is 10.7. The predicted molar refractivity (Wildman–Crippen MR) is 86.9 cm³/mol. The fourth-order valence-corrected chi connectivity index (χ4v) is 3.46. The van der Waals surface area contributed by atoms with Crippen LogP contribution in [0.4, 0.5) is 4.79 Å². The van der Waals surface area contributed by atoms with Crippen LogP contribution in [-0.4, -0.2) is 42.5 Å². The lowest BCUT2D eigenvalue weighted by Crippen LogP contribution is -2.68. The molecule has 1 amide bonds. The molecule has 2 saturated carbocycles. The maximum absolute atomic E-state index is 12.0. The zero-order valence-corrected chi connectivity index (χ0v) is 14.6. The number of alkyl carbamates (subject to hydrolysis) is 1. The Morgan fingerprint density at radius 1 is 1.23 bits per heavy atom. The fraction of sp³-hybridized carbons (Fsp3) is 0.941.